The highest BCUT2D eigenvalue weighted by atomic mass is 16.5. The number of hydrogen-bond donors (Lipinski definition) is 1. The van der Waals surface area contributed by atoms with E-state index in [1.54, 1.807) is 11.1 Å². The Morgan fingerprint density at radius 3 is 3.10 bits per heavy atom. The number of carbonyl (C=O) groups excluding carboxylic acids is 1. The number of aryl methyl sites for hydroxylation is 1. The number of amides is 1. The van der Waals surface area contributed by atoms with Crippen LogP contribution in [0, 0.1) is 0 Å². The predicted octanol–water partition coefficient (Wildman–Crippen LogP) is 2.52. The maximum Gasteiger partial charge on any atom is 0.415 e. The summed E-state index contributed by atoms with van der Waals surface area (Å²) in [5.41, 5.74) is 1.10. The van der Waals surface area contributed by atoms with Crippen LogP contribution in [0.15, 0.2) is 18.3 Å². The topological polar surface area (TPSA) is 62.7 Å². The highest BCUT2D eigenvalue weighted by Crippen LogP contribution is 2.31. The first kappa shape index (κ1) is 14.8. The number of fused-ring (bicyclic) bond motifs is 1. The van der Waals surface area contributed by atoms with Gasteiger partial charge in [-0.25, -0.2) is 9.78 Å². The van der Waals surface area contributed by atoms with Crippen LogP contribution in [-0.2, 0) is 11.2 Å². The molecule has 0 radical (unpaired) electrons. The van der Waals surface area contributed by atoms with Gasteiger partial charge in [0.2, 0.25) is 0 Å². The number of pyridine rings is 1. The zero-order valence-electron chi connectivity index (χ0n) is 11.9. The summed E-state index contributed by atoms with van der Waals surface area (Å²) in [6.45, 7) is 0.232. The number of aromatic nitrogens is 1. The van der Waals surface area contributed by atoms with E-state index in [4.69, 9.17) is 9.84 Å². The van der Waals surface area contributed by atoms with Crippen LogP contribution in [0.4, 0.5) is 10.6 Å². The molecule has 0 fully saturated rings. The van der Waals surface area contributed by atoms with Gasteiger partial charge in [0.1, 0.15) is 5.82 Å². The summed E-state index contributed by atoms with van der Waals surface area (Å²) in [6.07, 6.45) is 6.98. The number of carbonyl (C=O) groups is 1. The molecule has 2 rings (SSSR count). The second-order valence-corrected chi connectivity index (χ2v) is 5.09. The van der Waals surface area contributed by atoms with Gasteiger partial charge in [-0.2, -0.15) is 0 Å². The zero-order valence-corrected chi connectivity index (χ0v) is 11.9. The van der Waals surface area contributed by atoms with Crippen molar-refractivity contribution in [1.29, 1.82) is 0 Å². The third-order valence-corrected chi connectivity index (χ3v) is 3.77. The summed E-state index contributed by atoms with van der Waals surface area (Å²) in [5, 5.41) is 8.82. The molecule has 110 valence electrons. The minimum atomic E-state index is -0.336. The first-order chi connectivity index (χ1) is 9.77. The Hall–Kier alpha value is -1.62. The molecule has 0 aromatic carbocycles. The molecule has 1 unspecified atom stereocenters. The first-order valence-corrected chi connectivity index (χ1v) is 7.20. The van der Waals surface area contributed by atoms with Gasteiger partial charge in [0, 0.05) is 18.8 Å². The molecule has 2 heterocycles. The van der Waals surface area contributed by atoms with Gasteiger partial charge >= 0.3 is 6.09 Å². The number of hydrogen-bond acceptors (Lipinski definition) is 4. The Morgan fingerprint density at radius 1 is 1.50 bits per heavy atom. The second-order valence-electron chi connectivity index (χ2n) is 5.09. The van der Waals surface area contributed by atoms with Crippen LogP contribution in [0.5, 0.6) is 0 Å². The monoisotopic (exact) mass is 278 g/mol. The van der Waals surface area contributed by atoms with Crippen LogP contribution in [0.2, 0.25) is 0 Å². The Kier molecular flexibility index (Phi) is 5.35. The standard InChI is InChI=1S/C15H22N2O3/c1-20-15(19)17-13(7-3-2-4-11-18)9-8-12-6-5-10-16-14(12)17/h5-6,10,13,18H,2-4,7-9,11H2,1H3. The van der Waals surface area contributed by atoms with Crippen LogP contribution in [0.3, 0.4) is 0 Å². The van der Waals surface area contributed by atoms with E-state index in [1.807, 2.05) is 12.1 Å². The van der Waals surface area contributed by atoms with Gasteiger partial charge in [0.15, 0.2) is 0 Å². The van der Waals surface area contributed by atoms with Crippen molar-refractivity contribution in [3.8, 4) is 0 Å². The number of methoxy groups -OCH3 is 1. The average molecular weight is 278 g/mol. The lowest BCUT2D eigenvalue weighted by atomic mass is 9.95. The Labute approximate surface area is 119 Å². The van der Waals surface area contributed by atoms with Crippen molar-refractivity contribution in [1.82, 2.24) is 4.98 Å². The van der Waals surface area contributed by atoms with Gasteiger partial charge in [0.25, 0.3) is 0 Å². The fourth-order valence-corrected chi connectivity index (χ4v) is 2.74. The van der Waals surface area contributed by atoms with Gasteiger partial charge in [-0.3, -0.25) is 4.90 Å². The molecule has 1 aromatic rings. The highest BCUT2D eigenvalue weighted by molar-refractivity contribution is 5.88. The highest BCUT2D eigenvalue weighted by Gasteiger charge is 2.32. The number of anilines is 1. The summed E-state index contributed by atoms with van der Waals surface area (Å²) >= 11 is 0. The zero-order chi connectivity index (χ0) is 14.4. The molecule has 0 bridgehead atoms. The van der Waals surface area contributed by atoms with E-state index in [0.717, 1.165) is 49.9 Å². The van der Waals surface area contributed by atoms with E-state index in [2.05, 4.69) is 4.98 Å². The lowest BCUT2D eigenvalue weighted by molar-refractivity contribution is 0.173. The molecule has 0 saturated heterocycles. The summed E-state index contributed by atoms with van der Waals surface area (Å²) < 4.78 is 4.91. The molecule has 20 heavy (non-hydrogen) atoms. The van der Waals surface area contributed by atoms with Crippen molar-refractivity contribution in [3.63, 3.8) is 0 Å². The Morgan fingerprint density at radius 2 is 2.35 bits per heavy atom. The van der Waals surface area contributed by atoms with Crippen LogP contribution < -0.4 is 4.90 Å². The third-order valence-electron chi connectivity index (χ3n) is 3.77. The van der Waals surface area contributed by atoms with Crippen molar-refractivity contribution >= 4 is 11.9 Å². The van der Waals surface area contributed by atoms with Crippen LogP contribution in [0.25, 0.3) is 0 Å². The van der Waals surface area contributed by atoms with E-state index in [-0.39, 0.29) is 18.7 Å². The fourth-order valence-electron chi connectivity index (χ4n) is 2.74. The smallest absolute Gasteiger partial charge is 0.415 e. The molecule has 1 aliphatic rings. The van der Waals surface area contributed by atoms with E-state index < -0.39 is 0 Å². The van der Waals surface area contributed by atoms with Crippen molar-refractivity contribution in [2.45, 2.75) is 44.6 Å². The van der Waals surface area contributed by atoms with Crippen LogP contribution >= 0.6 is 0 Å². The predicted molar refractivity (Wildman–Crippen MR) is 76.8 cm³/mol. The van der Waals surface area contributed by atoms with Gasteiger partial charge in [-0.1, -0.05) is 18.9 Å². The maximum absolute atomic E-state index is 12.1. The van der Waals surface area contributed by atoms with E-state index in [1.165, 1.54) is 7.11 Å². The molecule has 1 aliphatic heterocycles. The molecule has 5 nitrogen and oxygen atoms in total. The molecule has 1 aromatic heterocycles. The summed E-state index contributed by atoms with van der Waals surface area (Å²) in [4.78, 5) is 18.1. The molecular formula is C15H22N2O3. The lowest BCUT2D eigenvalue weighted by Crippen LogP contribution is -2.44. The Bertz CT molecular complexity index is 450. The van der Waals surface area contributed by atoms with Crippen molar-refractivity contribution in [3.05, 3.63) is 23.9 Å². The van der Waals surface area contributed by atoms with E-state index in [9.17, 15) is 4.79 Å². The van der Waals surface area contributed by atoms with Crippen LogP contribution in [0.1, 0.15) is 37.7 Å². The fraction of sp³-hybridized carbons (Fsp3) is 0.600. The van der Waals surface area contributed by atoms with Crippen molar-refractivity contribution < 1.29 is 14.6 Å². The molecular weight excluding hydrogens is 256 g/mol. The SMILES string of the molecule is COC(=O)N1c2ncccc2CCC1CCCCCO. The number of aliphatic hydroxyl groups is 1. The molecule has 1 atom stereocenters. The van der Waals surface area contributed by atoms with E-state index in [0.29, 0.717) is 0 Å². The number of ether oxygens (including phenoxy) is 1. The summed E-state index contributed by atoms with van der Waals surface area (Å²) in [6, 6.07) is 4.05. The Balaban J connectivity index is 2.10. The largest absolute Gasteiger partial charge is 0.452 e. The van der Waals surface area contributed by atoms with Gasteiger partial charge < -0.3 is 9.84 Å². The van der Waals surface area contributed by atoms with Gasteiger partial charge in [-0.15, -0.1) is 0 Å². The van der Waals surface area contributed by atoms with Crippen LogP contribution in [-0.4, -0.2) is 35.9 Å². The number of unbranched alkanes of at least 4 members (excludes halogenated alkanes) is 2. The molecule has 1 amide bonds. The number of rotatable bonds is 5. The minimum absolute atomic E-state index is 0.142. The van der Waals surface area contributed by atoms with Gasteiger partial charge in [0.05, 0.1) is 7.11 Å². The van der Waals surface area contributed by atoms with Gasteiger partial charge in [-0.05, 0) is 37.3 Å². The third kappa shape index (κ3) is 3.28. The first-order valence-electron chi connectivity index (χ1n) is 7.20. The average Bonchev–Trinajstić information content (AvgIpc) is 2.50. The minimum Gasteiger partial charge on any atom is -0.452 e. The molecule has 0 saturated carbocycles. The van der Waals surface area contributed by atoms with E-state index >= 15 is 0 Å². The number of aliphatic hydroxyl groups excluding tert-OH is 1. The molecule has 0 aliphatic carbocycles. The molecule has 1 N–H and O–H groups in total. The second kappa shape index (κ2) is 7.24. The maximum atomic E-state index is 12.1. The lowest BCUT2D eigenvalue weighted by Gasteiger charge is -2.35. The summed E-state index contributed by atoms with van der Waals surface area (Å²) in [7, 11) is 1.41. The van der Waals surface area contributed by atoms with Crippen molar-refractivity contribution in [2.24, 2.45) is 0 Å². The quantitative estimate of drug-likeness (QED) is 0.841. The summed E-state index contributed by atoms with van der Waals surface area (Å²) in [5.74, 6) is 0.734. The molecule has 0 spiro atoms. The normalized spacial score (nSPS) is 17.7. The number of nitrogens with zero attached hydrogens (tertiary/aromatic N) is 2. The molecule has 5 heteroatoms. The van der Waals surface area contributed by atoms with Crippen molar-refractivity contribution in [2.75, 3.05) is 18.6 Å².